The van der Waals surface area contributed by atoms with Gasteiger partial charge in [0.15, 0.2) is 0 Å². The van der Waals surface area contributed by atoms with E-state index in [0.717, 1.165) is 11.1 Å². The molecule has 2 rings (SSSR count). The van der Waals surface area contributed by atoms with Crippen LogP contribution in [0, 0.1) is 12.3 Å². The maximum Gasteiger partial charge on any atom is 0.0699 e. The van der Waals surface area contributed by atoms with Gasteiger partial charge in [-0.15, -0.1) is 6.42 Å². The minimum atomic E-state index is -0.0652. The molecule has 17 heavy (non-hydrogen) atoms. The highest BCUT2D eigenvalue weighted by atomic mass is 35.5. The summed E-state index contributed by atoms with van der Waals surface area (Å²) in [7, 11) is 0. The average molecular weight is 261 g/mol. The Kier molecular flexibility index (Phi) is 3.74. The zero-order valence-electron chi connectivity index (χ0n) is 9.03. The van der Waals surface area contributed by atoms with E-state index in [4.69, 9.17) is 29.6 Å². The fraction of sp³-hybridized carbons (Fsp3) is 0.0667. The van der Waals surface area contributed by atoms with Gasteiger partial charge >= 0.3 is 0 Å². The quantitative estimate of drug-likeness (QED) is 0.684. The van der Waals surface area contributed by atoms with Gasteiger partial charge < -0.3 is 0 Å². The first-order chi connectivity index (χ1) is 8.20. The van der Waals surface area contributed by atoms with E-state index in [-0.39, 0.29) is 5.92 Å². The van der Waals surface area contributed by atoms with Crippen LogP contribution < -0.4 is 0 Å². The zero-order valence-corrected chi connectivity index (χ0v) is 10.5. The minimum Gasteiger partial charge on any atom is -0.119 e. The summed E-state index contributed by atoms with van der Waals surface area (Å²) in [6, 6.07) is 15.2. The van der Waals surface area contributed by atoms with Crippen molar-refractivity contribution in [1.29, 1.82) is 0 Å². The van der Waals surface area contributed by atoms with Crippen molar-refractivity contribution in [3.63, 3.8) is 0 Å². The van der Waals surface area contributed by atoms with Crippen LogP contribution in [0.5, 0.6) is 0 Å². The second kappa shape index (κ2) is 5.27. The van der Waals surface area contributed by atoms with Crippen molar-refractivity contribution in [2.24, 2.45) is 0 Å². The maximum absolute atomic E-state index is 5.86. The third kappa shape index (κ3) is 2.82. The van der Waals surface area contributed by atoms with Crippen molar-refractivity contribution >= 4 is 23.2 Å². The molecule has 0 heterocycles. The smallest absolute Gasteiger partial charge is 0.0699 e. The van der Waals surface area contributed by atoms with Crippen molar-refractivity contribution < 1.29 is 0 Å². The molecule has 0 atom stereocenters. The Morgan fingerprint density at radius 2 is 1.12 bits per heavy atom. The summed E-state index contributed by atoms with van der Waals surface area (Å²) >= 11 is 11.7. The van der Waals surface area contributed by atoms with Gasteiger partial charge in [-0.25, -0.2) is 0 Å². The average Bonchev–Trinajstić information content (AvgIpc) is 2.35. The van der Waals surface area contributed by atoms with Crippen molar-refractivity contribution in [3.8, 4) is 12.3 Å². The summed E-state index contributed by atoms with van der Waals surface area (Å²) in [5.74, 6) is 2.72. The van der Waals surface area contributed by atoms with E-state index >= 15 is 0 Å². The third-order valence-electron chi connectivity index (χ3n) is 2.57. The van der Waals surface area contributed by atoms with Gasteiger partial charge in [0.25, 0.3) is 0 Å². The summed E-state index contributed by atoms with van der Waals surface area (Å²) in [4.78, 5) is 0. The Balaban J connectivity index is 2.37. The summed E-state index contributed by atoms with van der Waals surface area (Å²) in [6.07, 6.45) is 5.60. The molecule has 0 aromatic heterocycles. The highest BCUT2D eigenvalue weighted by molar-refractivity contribution is 6.30. The Bertz CT molecular complexity index is 487. The maximum atomic E-state index is 5.86. The lowest BCUT2D eigenvalue weighted by Crippen LogP contribution is -1.97. The van der Waals surface area contributed by atoms with Gasteiger partial charge in [0.2, 0.25) is 0 Å². The molecule has 0 nitrogen and oxygen atoms in total. The molecule has 2 aromatic rings. The molecule has 0 N–H and O–H groups in total. The Morgan fingerprint density at radius 3 is 1.41 bits per heavy atom. The van der Waals surface area contributed by atoms with Crippen LogP contribution in [-0.4, -0.2) is 0 Å². The van der Waals surface area contributed by atoms with E-state index < -0.39 is 0 Å². The van der Waals surface area contributed by atoms with E-state index in [1.54, 1.807) is 0 Å². The molecule has 0 fully saturated rings. The lowest BCUT2D eigenvalue weighted by Gasteiger charge is -2.11. The SMILES string of the molecule is C#CC(c1ccc(Cl)cc1)c1ccc(Cl)cc1. The van der Waals surface area contributed by atoms with Crippen LogP contribution in [0.15, 0.2) is 48.5 Å². The second-order valence-corrected chi connectivity index (χ2v) is 4.58. The van der Waals surface area contributed by atoms with Gasteiger partial charge in [-0.3, -0.25) is 0 Å². The van der Waals surface area contributed by atoms with Crippen molar-refractivity contribution in [3.05, 3.63) is 69.7 Å². The van der Waals surface area contributed by atoms with Crippen LogP contribution in [0.25, 0.3) is 0 Å². The van der Waals surface area contributed by atoms with Crippen molar-refractivity contribution in [2.75, 3.05) is 0 Å². The number of halogens is 2. The molecule has 0 saturated carbocycles. The molecule has 2 aromatic carbocycles. The van der Waals surface area contributed by atoms with Crippen molar-refractivity contribution in [1.82, 2.24) is 0 Å². The van der Waals surface area contributed by atoms with Crippen LogP contribution in [0.3, 0.4) is 0 Å². The Hall–Kier alpha value is -1.42. The summed E-state index contributed by atoms with van der Waals surface area (Å²) < 4.78 is 0. The van der Waals surface area contributed by atoms with Gasteiger partial charge in [0.1, 0.15) is 0 Å². The lowest BCUT2D eigenvalue weighted by atomic mass is 9.92. The number of rotatable bonds is 2. The normalized spacial score (nSPS) is 10.2. The molecule has 0 aliphatic rings. The first-order valence-corrected chi connectivity index (χ1v) is 5.93. The van der Waals surface area contributed by atoms with Crippen LogP contribution in [0.2, 0.25) is 10.0 Å². The summed E-state index contributed by atoms with van der Waals surface area (Å²) in [6.45, 7) is 0. The number of hydrogen-bond donors (Lipinski definition) is 0. The molecular formula is C15H10Cl2. The number of terminal acetylenes is 1. The Labute approximate surface area is 111 Å². The topological polar surface area (TPSA) is 0 Å². The molecule has 0 saturated heterocycles. The van der Waals surface area contributed by atoms with Gasteiger partial charge in [-0.05, 0) is 35.4 Å². The zero-order chi connectivity index (χ0) is 12.3. The summed E-state index contributed by atoms with van der Waals surface area (Å²) in [5, 5.41) is 1.42. The number of hydrogen-bond acceptors (Lipinski definition) is 0. The van der Waals surface area contributed by atoms with Crippen LogP contribution in [0.4, 0.5) is 0 Å². The van der Waals surface area contributed by atoms with E-state index in [1.807, 2.05) is 48.5 Å². The van der Waals surface area contributed by atoms with Gasteiger partial charge in [0, 0.05) is 10.0 Å². The fourth-order valence-electron chi connectivity index (χ4n) is 1.70. The van der Waals surface area contributed by atoms with E-state index in [0.29, 0.717) is 10.0 Å². The van der Waals surface area contributed by atoms with E-state index in [9.17, 15) is 0 Å². The molecule has 0 bridgehead atoms. The highest BCUT2D eigenvalue weighted by Crippen LogP contribution is 2.26. The van der Waals surface area contributed by atoms with Gasteiger partial charge in [-0.2, -0.15) is 0 Å². The molecule has 0 amide bonds. The summed E-state index contributed by atoms with van der Waals surface area (Å²) in [5.41, 5.74) is 2.11. The first kappa shape index (κ1) is 12.0. The first-order valence-electron chi connectivity index (χ1n) is 5.18. The predicted octanol–water partition coefficient (Wildman–Crippen LogP) is 4.76. The Morgan fingerprint density at radius 1 is 0.765 bits per heavy atom. The molecule has 0 aliphatic heterocycles. The lowest BCUT2D eigenvalue weighted by molar-refractivity contribution is 1.07. The molecule has 84 valence electrons. The molecule has 0 spiro atoms. The minimum absolute atomic E-state index is 0.0652. The fourth-order valence-corrected chi connectivity index (χ4v) is 1.95. The molecule has 2 heteroatoms. The second-order valence-electron chi connectivity index (χ2n) is 3.70. The molecule has 0 aliphatic carbocycles. The largest absolute Gasteiger partial charge is 0.119 e. The number of benzene rings is 2. The molecular weight excluding hydrogens is 251 g/mol. The third-order valence-corrected chi connectivity index (χ3v) is 3.08. The monoisotopic (exact) mass is 260 g/mol. The standard InChI is InChI=1S/C15H10Cl2/c1-2-15(11-3-7-13(16)8-4-11)12-5-9-14(17)10-6-12/h1,3-10,15H. The van der Waals surface area contributed by atoms with Gasteiger partial charge in [0.05, 0.1) is 5.92 Å². The van der Waals surface area contributed by atoms with E-state index in [2.05, 4.69) is 5.92 Å². The van der Waals surface area contributed by atoms with Gasteiger partial charge in [-0.1, -0.05) is 53.4 Å². The van der Waals surface area contributed by atoms with Crippen LogP contribution in [0.1, 0.15) is 17.0 Å². The highest BCUT2D eigenvalue weighted by Gasteiger charge is 2.10. The van der Waals surface area contributed by atoms with E-state index in [1.165, 1.54) is 0 Å². The van der Waals surface area contributed by atoms with Crippen LogP contribution >= 0.6 is 23.2 Å². The molecule has 0 radical (unpaired) electrons. The molecule has 0 unspecified atom stereocenters. The predicted molar refractivity (Wildman–Crippen MR) is 73.6 cm³/mol. The van der Waals surface area contributed by atoms with Crippen LogP contribution in [-0.2, 0) is 0 Å². The van der Waals surface area contributed by atoms with Crippen molar-refractivity contribution in [2.45, 2.75) is 5.92 Å².